The molecule has 1 aromatic rings. The van der Waals surface area contributed by atoms with Gasteiger partial charge in [0.25, 0.3) is 0 Å². The van der Waals surface area contributed by atoms with Crippen molar-refractivity contribution in [3.05, 3.63) is 29.8 Å². The van der Waals surface area contributed by atoms with Crippen LogP contribution < -0.4 is 0 Å². The molecular formula is C14H16N2O4S. The maximum atomic E-state index is 12.6. The van der Waals surface area contributed by atoms with Gasteiger partial charge in [0.2, 0.25) is 10.0 Å². The summed E-state index contributed by atoms with van der Waals surface area (Å²) in [6.07, 6.45) is 1.47. The summed E-state index contributed by atoms with van der Waals surface area (Å²) in [5.41, 5.74) is 0.267. The Bertz CT molecular complexity index is 674. The number of hydrogen-bond donors (Lipinski definition) is 0. The number of benzene rings is 1. The molecule has 0 aliphatic heterocycles. The summed E-state index contributed by atoms with van der Waals surface area (Å²) in [6.45, 7) is 1.59. The molecule has 112 valence electrons. The van der Waals surface area contributed by atoms with E-state index >= 15 is 0 Å². The molecule has 0 unspecified atom stereocenters. The lowest BCUT2D eigenvalue weighted by Gasteiger charge is -2.20. The molecule has 0 amide bonds. The van der Waals surface area contributed by atoms with Crippen molar-refractivity contribution in [2.45, 2.75) is 30.7 Å². The van der Waals surface area contributed by atoms with E-state index in [1.165, 1.54) is 28.6 Å². The van der Waals surface area contributed by atoms with Crippen molar-refractivity contribution in [3.63, 3.8) is 0 Å². The van der Waals surface area contributed by atoms with E-state index in [1.807, 2.05) is 6.07 Å². The van der Waals surface area contributed by atoms with Gasteiger partial charge in [-0.2, -0.15) is 9.57 Å². The third-order valence-electron chi connectivity index (χ3n) is 3.11. The molecule has 0 atom stereocenters. The smallest absolute Gasteiger partial charge is 0.321 e. The number of nitrogens with zero attached hydrogens (tertiary/aromatic N) is 2. The number of rotatable bonds is 6. The Hall–Kier alpha value is -1.91. The third kappa shape index (κ3) is 3.60. The molecule has 1 saturated carbocycles. The molecule has 1 fully saturated rings. The summed E-state index contributed by atoms with van der Waals surface area (Å²) in [5.74, 6) is -0.565. The van der Waals surface area contributed by atoms with E-state index < -0.39 is 16.0 Å². The van der Waals surface area contributed by atoms with Gasteiger partial charge in [-0.3, -0.25) is 4.79 Å². The van der Waals surface area contributed by atoms with Crippen LogP contribution >= 0.6 is 0 Å². The summed E-state index contributed by atoms with van der Waals surface area (Å²) in [6, 6.07) is 7.54. The lowest BCUT2D eigenvalue weighted by Crippen LogP contribution is -2.38. The van der Waals surface area contributed by atoms with Crippen LogP contribution in [0.2, 0.25) is 0 Å². The summed E-state index contributed by atoms with van der Waals surface area (Å²) in [7, 11) is -3.80. The van der Waals surface area contributed by atoms with E-state index in [1.54, 1.807) is 6.92 Å². The van der Waals surface area contributed by atoms with Gasteiger partial charge in [0.1, 0.15) is 6.54 Å². The second-order valence-corrected chi connectivity index (χ2v) is 6.62. The Balaban J connectivity index is 2.29. The zero-order valence-corrected chi connectivity index (χ0v) is 12.5. The van der Waals surface area contributed by atoms with Crippen LogP contribution in [0.25, 0.3) is 0 Å². The van der Waals surface area contributed by atoms with Crippen LogP contribution in [-0.2, 0) is 19.6 Å². The molecule has 0 radical (unpaired) electrons. The number of hydrogen-bond acceptors (Lipinski definition) is 5. The van der Waals surface area contributed by atoms with E-state index in [-0.39, 0.29) is 29.7 Å². The van der Waals surface area contributed by atoms with Gasteiger partial charge in [-0.05, 0) is 38.0 Å². The van der Waals surface area contributed by atoms with E-state index in [9.17, 15) is 13.2 Å². The maximum absolute atomic E-state index is 12.6. The second kappa shape index (κ2) is 6.24. The molecule has 0 bridgehead atoms. The van der Waals surface area contributed by atoms with Crippen molar-refractivity contribution in [1.29, 1.82) is 5.26 Å². The van der Waals surface area contributed by atoms with Crippen molar-refractivity contribution < 1.29 is 17.9 Å². The number of carbonyl (C=O) groups is 1. The minimum absolute atomic E-state index is 0.0257. The van der Waals surface area contributed by atoms with Gasteiger partial charge >= 0.3 is 5.97 Å². The van der Waals surface area contributed by atoms with Crippen molar-refractivity contribution >= 4 is 16.0 Å². The van der Waals surface area contributed by atoms with Crippen LogP contribution in [0.4, 0.5) is 0 Å². The van der Waals surface area contributed by atoms with Gasteiger partial charge in [-0.25, -0.2) is 8.42 Å². The number of nitriles is 1. The van der Waals surface area contributed by atoms with Crippen LogP contribution in [0.5, 0.6) is 0 Å². The molecular weight excluding hydrogens is 292 g/mol. The van der Waals surface area contributed by atoms with E-state index in [0.29, 0.717) is 0 Å². The van der Waals surface area contributed by atoms with Crippen LogP contribution in [-0.4, -0.2) is 37.9 Å². The van der Waals surface area contributed by atoms with Crippen molar-refractivity contribution in [2.24, 2.45) is 0 Å². The van der Waals surface area contributed by atoms with Crippen molar-refractivity contribution in [3.8, 4) is 6.07 Å². The van der Waals surface area contributed by atoms with Gasteiger partial charge < -0.3 is 4.74 Å². The first kappa shape index (κ1) is 15.5. The standard InChI is InChI=1S/C14H16N2O4S/c1-2-20-14(17)10-16(12-6-7-12)21(18,19)13-5-3-4-11(8-13)9-15/h3-5,8,12H,2,6-7,10H2,1H3. The van der Waals surface area contributed by atoms with E-state index in [4.69, 9.17) is 10.00 Å². The highest BCUT2D eigenvalue weighted by atomic mass is 32.2. The Morgan fingerprint density at radius 3 is 2.76 bits per heavy atom. The number of sulfonamides is 1. The van der Waals surface area contributed by atoms with Crippen molar-refractivity contribution in [1.82, 2.24) is 4.31 Å². The first-order valence-corrected chi connectivity index (χ1v) is 8.10. The van der Waals surface area contributed by atoms with Gasteiger partial charge in [-0.1, -0.05) is 6.07 Å². The van der Waals surface area contributed by atoms with Crippen molar-refractivity contribution in [2.75, 3.05) is 13.2 Å². The molecule has 1 aliphatic carbocycles. The number of carbonyl (C=O) groups excluding carboxylic acids is 1. The van der Waals surface area contributed by atoms with E-state index in [0.717, 1.165) is 12.8 Å². The first-order valence-electron chi connectivity index (χ1n) is 6.66. The summed E-state index contributed by atoms with van der Waals surface area (Å²) in [5, 5.41) is 8.87. The maximum Gasteiger partial charge on any atom is 0.321 e. The van der Waals surface area contributed by atoms with Gasteiger partial charge in [-0.15, -0.1) is 0 Å². The van der Waals surface area contributed by atoms with Gasteiger partial charge in [0.15, 0.2) is 0 Å². The lowest BCUT2D eigenvalue weighted by atomic mass is 10.2. The predicted octanol–water partition coefficient (Wildman–Crippen LogP) is 1.27. The molecule has 7 heteroatoms. The number of esters is 1. The minimum Gasteiger partial charge on any atom is -0.465 e. The average Bonchev–Trinajstić information content (AvgIpc) is 3.29. The molecule has 2 rings (SSSR count). The monoisotopic (exact) mass is 308 g/mol. The molecule has 1 aliphatic rings. The van der Waals surface area contributed by atoms with Gasteiger partial charge in [0.05, 0.1) is 23.1 Å². The topological polar surface area (TPSA) is 87.5 Å². The van der Waals surface area contributed by atoms with Crippen LogP contribution in [0.15, 0.2) is 29.2 Å². The molecule has 0 N–H and O–H groups in total. The molecule has 1 aromatic carbocycles. The normalized spacial score (nSPS) is 14.7. The number of ether oxygens (including phenoxy) is 1. The second-order valence-electron chi connectivity index (χ2n) is 4.73. The quantitative estimate of drug-likeness (QED) is 0.739. The molecule has 0 aromatic heterocycles. The van der Waals surface area contributed by atoms with E-state index in [2.05, 4.69) is 0 Å². The Morgan fingerprint density at radius 1 is 1.48 bits per heavy atom. The van der Waals surface area contributed by atoms with Crippen LogP contribution in [0, 0.1) is 11.3 Å². The largest absolute Gasteiger partial charge is 0.465 e. The third-order valence-corrected chi connectivity index (χ3v) is 5.01. The fourth-order valence-corrected chi connectivity index (χ4v) is 3.64. The first-order chi connectivity index (χ1) is 9.98. The van der Waals surface area contributed by atoms with Crippen LogP contribution in [0.3, 0.4) is 0 Å². The summed E-state index contributed by atoms with van der Waals surface area (Å²) < 4.78 is 31.3. The zero-order valence-electron chi connectivity index (χ0n) is 11.7. The molecule has 21 heavy (non-hydrogen) atoms. The highest BCUT2D eigenvalue weighted by Gasteiger charge is 2.39. The predicted molar refractivity (Wildman–Crippen MR) is 74.7 cm³/mol. The highest BCUT2D eigenvalue weighted by molar-refractivity contribution is 7.89. The average molecular weight is 308 g/mol. The Kier molecular flexibility index (Phi) is 4.60. The Morgan fingerprint density at radius 2 is 2.19 bits per heavy atom. The fourth-order valence-electron chi connectivity index (χ4n) is 1.97. The molecule has 0 spiro atoms. The molecule has 6 nitrogen and oxygen atoms in total. The molecule has 0 heterocycles. The SMILES string of the molecule is CCOC(=O)CN(C1CC1)S(=O)(=O)c1cccc(C#N)c1. The fraction of sp³-hybridized carbons (Fsp3) is 0.429. The van der Waals surface area contributed by atoms with Gasteiger partial charge in [0, 0.05) is 6.04 Å². The minimum atomic E-state index is -3.80. The summed E-state index contributed by atoms with van der Waals surface area (Å²) >= 11 is 0. The Labute approximate surface area is 124 Å². The highest BCUT2D eigenvalue weighted by Crippen LogP contribution is 2.32. The lowest BCUT2D eigenvalue weighted by molar-refractivity contribution is -0.143. The van der Waals surface area contributed by atoms with Crippen LogP contribution in [0.1, 0.15) is 25.3 Å². The summed E-state index contributed by atoms with van der Waals surface area (Å²) in [4.78, 5) is 11.6. The molecule has 0 saturated heterocycles. The zero-order chi connectivity index (χ0) is 15.5.